The molecular weight excluding hydrogens is 224 g/mol. The molecule has 0 amide bonds. The van der Waals surface area contributed by atoms with Gasteiger partial charge in [-0.15, -0.1) is 0 Å². The Kier molecular flexibility index (Phi) is 2.92. The molecular formula is C14H18N4. The van der Waals surface area contributed by atoms with Gasteiger partial charge in [0, 0.05) is 45.1 Å². The highest BCUT2D eigenvalue weighted by Gasteiger charge is 2.17. The standard InChI is InChI=1S/C14H18N4/c1-16-12-14(11-15-16)18-9-7-17(8-10-18)13-5-3-2-4-6-13/h2-6,11-12H,7-10H2,1H3. The molecule has 3 rings (SSSR count). The molecule has 1 aliphatic heterocycles. The van der Waals surface area contributed by atoms with Crippen LogP contribution in [0.1, 0.15) is 0 Å². The van der Waals surface area contributed by atoms with Crippen molar-refractivity contribution in [3.8, 4) is 0 Å². The molecule has 0 saturated carbocycles. The monoisotopic (exact) mass is 242 g/mol. The van der Waals surface area contributed by atoms with Crippen LogP contribution in [0.25, 0.3) is 0 Å². The van der Waals surface area contributed by atoms with Gasteiger partial charge < -0.3 is 9.80 Å². The van der Waals surface area contributed by atoms with Crippen molar-refractivity contribution < 1.29 is 0 Å². The number of aryl methyl sites for hydroxylation is 1. The summed E-state index contributed by atoms with van der Waals surface area (Å²) in [6.07, 6.45) is 4.02. The molecule has 1 aromatic carbocycles. The van der Waals surface area contributed by atoms with Crippen LogP contribution < -0.4 is 9.80 Å². The zero-order valence-electron chi connectivity index (χ0n) is 10.7. The number of rotatable bonds is 2. The zero-order chi connectivity index (χ0) is 12.4. The van der Waals surface area contributed by atoms with E-state index in [2.05, 4.69) is 51.4 Å². The van der Waals surface area contributed by atoms with Crippen molar-refractivity contribution in [2.24, 2.45) is 7.05 Å². The highest BCUT2D eigenvalue weighted by Crippen LogP contribution is 2.19. The lowest BCUT2D eigenvalue weighted by Gasteiger charge is -2.36. The Morgan fingerprint density at radius 3 is 2.06 bits per heavy atom. The lowest BCUT2D eigenvalue weighted by Crippen LogP contribution is -2.46. The molecule has 2 heterocycles. The molecule has 0 bridgehead atoms. The topological polar surface area (TPSA) is 24.3 Å². The van der Waals surface area contributed by atoms with Crippen LogP contribution in [0, 0.1) is 0 Å². The molecule has 4 nitrogen and oxygen atoms in total. The van der Waals surface area contributed by atoms with Crippen LogP contribution in [0.2, 0.25) is 0 Å². The highest BCUT2D eigenvalue weighted by atomic mass is 15.3. The van der Waals surface area contributed by atoms with Gasteiger partial charge in [0.25, 0.3) is 0 Å². The molecule has 0 unspecified atom stereocenters. The Hall–Kier alpha value is -1.97. The SMILES string of the molecule is Cn1cc(N2CCN(c3ccccc3)CC2)cn1. The van der Waals surface area contributed by atoms with Crippen molar-refractivity contribution in [1.82, 2.24) is 9.78 Å². The third-order valence-electron chi connectivity index (χ3n) is 3.46. The highest BCUT2D eigenvalue weighted by molar-refractivity contribution is 5.50. The lowest BCUT2D eigenvalue weighted by atomic mass is 10.2. The van der Waals surface area contributed by atoms with Gasteiger partial charge in [0.1, 0.15) is 0 Å². The summed E-state index contributed by atoms with van der Waals surface area (Å²) in [6.45, 7) is 4.25. The average molecular weight is 242 g/mol. The molecule has 1 fully saturated rings. The number of anilines is 2. The van der Waals surface area contributed by atoms with Crippen LogP contribution in [0.15, 0.2) is 42.7 Å². The quantitative estimate of drug-likeness (QED) is 0.802. The Morgan fingerprint density at radius 1 is 0.889 bits per heavy atom. The first-order chi connectivity index (χ1) is 8.83. The predicted molar refractivity (Wildman–Crippen MR) is 74.1 cm³/mol. The molecule has 1 aliphatic rings. The minimum absolute atomic E-state index is 1.06. The number of benzene rings is 1. The van der Waals surface area contributed by atoms with E-state index in [-0.39, 0.29) is 0 Å². The minimum atomic E-state index is 1.06. The molecule has 0 aliphatic carbocycles. The van der Waals surface area contributed by atoms with Crippen LogP contribution in [-0.4, -0.2) is 36.0 Å². The van der Waals surface area contributed by atoms with Gasteiger partial charge in [0.15, 0.2) is 0 Å². The third kappa shape index (κ3) is 2.18. The van der Waals surface area contributed by atoms with Crippen LogP contribution in [-0.2, 0) is 7.05 Å². The molecule has 4 heteroatoms. The fourth-order valence-electron chi connectivity index (χ4n) is 2.43. The Balaban J connectivity index is 1.65. The van der Waals surface area contributed by atoms with E-state index in [0.717, 1.165) is 26.2 Å². The van der Waals surface area contributed by atoms with Crippen LogP contribution >= 0.6 is 0 Å². The maximum atomic E-state index is 4.23. The summed E-state index contributed by atoms with van der Waals surface area (Å²) >= 11 is 0. The van der Waals surface area contributed by atoms with Gasteiger partial charge in [-0.2, -0.15) is 5.10 Å². The smallest absolute Gasteiger partial charge is 0.0753 e. The Bertz CT molecular complexity index is 498. The second-order valence-electron chi connectivity index (χ2n) is 4.68. The lowest BCUT2D eigenvalue weighted by molar-refractivity contribution is 0.653. The number of para-hydroxylation sites is 1. The number of nitrogens with zero attached hydrogens (tertiary/aromatic N) is 4. The molecule has 0 atom stereocenters. The first-order valence-corrected chi connectivity index (χ1v) is 6.36. The summed E-state index contributed by atoms with van der Waals surface area (Å²) in [4.78, 5) is 4.83. The van der Waals surface area contributed by atoms with Crippen LogP contribution in [0.4, 0.5) is 11.4 Å². The first kappa shape index (κ1) is 11.1. The van der Waals surface area contributed by atoms with Gasteiger partial charge in [-0.1, -0.05) is 18.2 Å². The summed E-state index contributed by atoms with van der Waals surface area (Å²) in [7, 11) is 1.96. The summed E-state index contributed by atoms with van der Waals surface area (Å²) in [5, 5.41) is 4.23. The Labute approximate surface area is 107 Å². The van der Waals surface area contributed by atoms with Gasteiger partial charge in [-0.05, 0) is 12.1 Å². The van der Waals surface area contributed by atoms with Gasteiger partial charge in [-0.25, -0.2) is 0 Å². The minimum Gasteiger partial charge on any atom is -0.368 e. The van der Waals surface area contributed by atoms with E-state index in [0.29, 0.717) is 0 Å². The van der Waals surface area contributed by atoms with Crippen molar-refractivity contribution >= 4 is 11.4 Å². The normalized spacial score (nSPS) is 16.1. The largest absolute Gasteiger partial charge is 0.368 e. The molecule has 18 heavy (non-hydrogen) atoms. The number of aromatic nitrogens is 2. The van der Waals surface area contributed by atoms with Gasteiger partial charge in [0.2, 0.25) is 0 Å². The number of hydrogen-bond donors (Lipinski definition) is 0. The zero-order valence-corrected chi connectivity index (χ0v) is 10.7. The van der Waals surface area contributed by atoms with Gasteiger partial charge in [0.05, 0.1) is 11.9 Å². The fourth-order valence-corrected chi connectivity index (χ4v) is 2.43. The fraction of sp³-hybridized carbons (Fsp3) is 0.357. The van der Waals surface area contributed by atoms with E-state index in [1.807, 2.05) is 17.9 Å². The molecule has 2 aromatic rings. The predicted octanol–water partition coefficient (Wildman–Crippen LogP) is 1.75. The van der Waals surface area contributed by atoms with Crippen LogP contribution in [0.3, 0.4) is 0 Å². The molecule has 0 N–H and O–H groups in total. The number of hydrogen-bond acceptors (Lipinski definition) is 3. The molecule has 0 radical (unpaired) electrons. The van der Waals surface area contributed by atoms with E-state index in [1.165, 1.54) is 11.4 Å². The van der Waals surface area contributed by atoms with Gasteiger partial charge >= 0.3 is 0 Å². The maximum Gasteiger partial charge on any atom is 0.0753 e. The maximum absolute atomic E-state index is 4.23. The molecule has 0 spiro atoms. The van der Waals surface area contributed by atoms with Crippen molar-refractivity contribution in [1.29, 1.82) is 0 Å². The van der Waals surface area contributed by atoms with E-state index in [9.17, 15) is 0 Å². The summed E-state index contributed by atoms with van der Waals surface area (Å²) in [5.74, 6) is 0. The van der Waals surface area contributed by atoms with Gasteiger partial charge in [-0.3, -0.25) is 4.68 Å². The van der Waals surface area contributed by atoms with Crippen LogP contribution in [0.5, 0.6) is 0 Å². The summed E-state index contributed by atoms with van der Waals surface area (Å²) < 4.78 is 1.86. The molecule has 1 aromatic heterocycles. The van der Waals surface area contributed by atoms with E-state index in [4.69, 9.17) is 0 Å². The summed E-state index contributed by atoms with van der Waals surface area (Å²) in [5.41, 5.74) is 2.55. The Morgan fingerprint density at radius 2 is 1.50 bits per heavy atom. The van der Waals surface area contributed by atoms with E-state index < -0.39 is 0 Å². The van der Waals surface area contributed by atoms with E-state index >= 15 is 0 Å². The summed E-state index contributed by atoms with van der Waals surface area (Å²) in [6, 6.07) is 10.6. The number of piperazine rings is 1. The van der Waals surface area contributed by atoms with Crippen molar-refractivity contribution in [3.05, 3.63) is 42.7 Å². The average Bonchev–Trinajstić information content (AvgIpc) is 2.87. The second kappa shape index (κ2) is 4.72. The third-order valence-corrected chi connectivity index (χ3v) is 3.46. The molecule has 1 saturated heterocycles. The first-order valence-electron chi connectivity index (χ1n) is 6.36. The van der Waals surface area contributed by atoms with E-state index in [1.54, 1.807) is 0 Å². The molecule has 94 valence electrons. The van der Waals surface area contributed by atoms with Crippen molar-refractivity contribution in [3.63, 3.8) is 0 Å². The second-order valence-corrected chi connectivity index (χ2v) is 4.68. The van der Waals surface area contributed by atoms with Crippen molar-refractivity contribution in [2.45, 2.75) is 0 Å². The van der Waals surface area contributed by atoms with Crippen molar-refractivity contribution in [2.75, 3.05) is 36.0 Å².